The second kappa shape index (κ2) is 6.81. The highest BCUT2D eigenvalue weighted by atomic mass is 32.2. The molecule has 138 valence electrons. The number of amides is 1. The van der Waals surface area contributed by atoms with E-state index in [1.54, 1.807) is 16.4 Å². The lowest BCUT2D eigenvalue weighted by atomic mass is 10.1. The van der Waals surface area contributed by atoms with Gasteiger partial charge in [0.25, 0.3) is 5.91 Å². The van der Waals surface area contributed by atoms with Gasteiger partial charge in [-0.05, 0) is 49.2 Å². The van der Waals surface area contributed by atoms with Crippen molar-refractivity contribution in [2.24, 2.45) is 0 Å². The number of carbonyl (C=O) groups is 1. The predicted molar refractivity (Wildman–Crippen MR) is 102 cm³/mol. The normalized spacial score (nSPS) is 12.9. The van der Waals surface area contributed by atoms with Crippen molar-refractivity contribution in [2.45, 2.75) is 25.4 Å². The minimum atomic E-state index is -0.893. The molecule has 2 aromatic carbocycles. The van der Waals surface area contributed by atoms with Crippen LogP contribution in [-0.4, -0.2) is 15.7 Å². The summed E-state index contributed by atoms with van der Waals surface area (Å²) in [7, 11) is 0. The quantitative estimate of drug-likeness (QED) is 0.707. The molecule has 4 nitrogen and oxygen atoms in total. The first-order chi connectivity index (χ1) is 12.9. The maximum atomic E-state index is 14.0. The molecule has 1 aliphatic heterocycles. The number of benzene rings is 2. The summed E-state index contributed by atoms with van der Waals surface area (Å²) in [4.78, 5) is 12.6. The van der Waals surface area contributed by atoms with Gasteiger partial charge < -0.3 is 5.32 Å². The molecule has 3 aromatic rings. The summed E-state index contributed by atoms with van der Waals surface area (Å²) in [6, 6.07) is 9.33. The zero-order chi connectivity index (χ0) is 19.1. The molecule has 1 N–H and O–H groups in total. The Bertz CT molecular complexity index is 1020. The van der Waals surface area contributed by atoms with Crippen molar-refractivity contribution in [3.63, 3.8) is 0 Å². The standard InChI is InChI=1S/C20H17F2N3OS/c1-11-6-12(2)8-13(7-11)25-19(14-9-27-10-17(14)24-25)23-20(26)18-15(21)4-3-5-16(18)22/h3-8H,9-10H2,1-2H3,(H,23,26). The second-order valence-electron chi connectivity index (χ2n) is 6.58. The summed E-state index contributed by atoms with van der Waals surface area (Å²) < 4.78 is 29.7. The van der Waals surface area contributed by atoms with Crippen LogP contribution in [0.4, 0.5) is 14.6 Å². The average molecular weight is 385 g/mol. The van der Waals surface area contributed by atoms with Crippen molar-refractivity contribution in [3.8, 4) is 5.69 Å². The fourth-order valence-corrected chi connectivity index (χ4v) is 4.32. The molecule has 0 radical (unpaired) electrons. The molecule has 0 bridgehead atoms. The third-order valence-electron chi connectivity index (χ3n) is 4.42. The van der Waals surface area contributed by atoms with Gasteiger partial charge in [0.05, 0.1) is 11.4 Å². The molecule has 0 atom stereocenters. The molecule has 0 unspecified atom stereocenters. The first kappa shape index (κ1) is 17.7. The number of anilines is 1. The van der Waals surface area contributed by atoms with Gasteiger partial charge in [0, 0.05) is 17.1 Å². The van der Waals surface area contributed by atoms with E-state index in [9.17, 15) is 13.6 Å². The van der Waals surface area contributed by atoms with E-state index in [2.05, 4.69) is 10.4 Å². The van der Waals surface area contributed by atoms with Crippen LogP contribution in [0.25, 0.3) is 5.69 Å². The number of aromatic nitrogens is 2. The van der Waals surface area contributed by atoms with Crippen molar-refractivity contribution >= 4 is 23.5 Å². The van der Waals surface area contributed by atoms with Crippen molar-refractivity contribution in [3.05, 3.63) is 76.0 Å². The maximum absolute atomic E-state index is 14.0. The van der Waals surface area contributed by atoms with Crippen LogP contribution in [0.3, 0.4) is 0 Å². The van der Waals surface area contributed by atoms with Crippen molar-refractivity contribution in [1.82, 2.24) is 9.78 Å². The highest BCUT2D eigenvalue weighted by molar-refractivity contribution is 7.98. The van der Waals surface area contributed by atoms with Crippen molar-refractivity contribution in [1.29, 1.82) is 0 Å². The second-order valence-corrected chi connectivity index (χ2v) is 7.56. The number of halogens is 2. The Morgan fingerprint density at radius 2 is 1.78 bits per heavy atom. The van der Waals surface area contributed by atoms with Crippen LogP contribution >= 0.6 is 11.8 Å². The number of nitrogens with zero attached hydrogens (tertiary/aromatic N) is 2. The van der Waals surface area contributed by atoms with Crippen LogP contribution < -0.4 is 5.32 Å². The molecule has 0 fully saturated rings. The number of rotatable bonds is 3. The average Bonchev–Trinajstić information content (AvgIpc) is 3.16. The molecule has 0 aliphatic carbocycles. The Morgan fingerprint density at radius 3 is 2.44 bits per heavy atom. The maximum Gasteiger partial charge on any atom is 0.262 e. The third kappa shape index (κ3) is 3.23. The van der Waals surface area contributed by atoms with Gasteiger partial charge in [-0.2, -0.15) is 16.9 Å². The van der Waals surface area contributed by atoms with Crippen LogP contribution in [0, 0.1) is 25.5 Å². The number of hydrogen-bond donors (Lipinski definition) is 1. The van der Waals surface area contributed by atoms with Gasteiger partial charge in [-0.1, -0.05) is 12.1 Å². The zero-order valence-corrected chi connectivity index (χ0v) is 15.7. The van der Waals surface area contributed by atoms with Gasteiger partial charge in [-0.15, -0.1) is 0 Å². The first-order valence-corrected chi connectivity index (χ1v) is 9.62. The minimum Gasteiger partial charge on any atom is -0.306 e. The van der Waals surface area contributed by atoms with Gasteiger partial charge in [0.15, 0.2) is 0 Å². The van der Waals surface area contributed by atoms with Gasteiger partial charge >= 0.3 is 0 Å². The molecule has 1 aliphatic rings. The van der Waals surface area contributed by atoms with E-state index in [-0.39, 0.29) is 0 Å². The SMILES string of the molecule is Cc1cc(C)cc(-n2nc3c(c2NC(=O)c2c(F)cccc2F)CSC3)c1. The summed E-state index contributed by atoms with van der Waals surface area (Å²) in [5.41, 5.74) is 4.11. The van der Waals surface area contributed by atoms with E-state index in [0.29, 0.717) is 11.6 Å². The Morgan fingerprint density at radius 1 is 1.11 bits per heavy atom. The minimum absolute atomic E-state index is 0.465. The number of fused-ring (bicyclic) bond motifs is 1. The van der Waals surface area contributed by atoms with Gasteiger partial charge in [0.1, 0.15) is 23.0 Å². The van der Waals surface area contributed by atoms with Crippen LogP contribution in [0.15, 0.2) is 36.4 Å². The van der Waals surface area contributed by atoms with Crippen LogP contribution in [0.1, 0.15) is 32.7 Å². The van der Waals surface area contributed by atoms with E-state index in [1.807, 2.05) is 32.0 Å². The predicted octanol–water partition coefficient (Wildman–Crippen LogP) is 4.77. The summed E-state index contributed by atoms with van der Waals surface area (Å²) >= 11 is 1.69. The van der Waals surface area contributed by atoms with Crippen molar-refractivity contribution < 1.29 is 13.6 Å². The number of thioether (sulfide) groups is 1. The topological polar surface area (TPSA) is 46.9 Å². The van der Waals surface area contributed by atoms with Crippen LogP contribution in [-0.2, 0) is 11.5 Å². The monoisotopic (exact) mass is 385 g/mol. The summed E-state index contributed by atoms with van der Waals surface area (Å²) in [5.74, 6) is -0.713. The van der Waals surface area contributed by atoms with E-state index in [0.717, 1.165) is 46.0 Å². The summed E-state index contributed by atoms with van der Waals surface area (Å²) in [6.07, 6.45) is 0. The molecular weight excluding hydrogens is 368 g/mol. The molecule has 1 aromatic heterocycles. The third-order valence-corrected chi connectivity index (χ3v) is 5.40. The lowest BCUT2D eigenvalue weighted by Gasteiger charge is -2.13. The van der Waals surface area contributed by atoms with Crippen LogP contribution in [0.2, 0.25) is 0 Å². The Labute approximate surface area is 159 Å². The summed E-state index contributed by atoms with van der Waals surface area (Å²) in [6.45, 7) is 3.97. The zero-order valence-electron chi connectivity index (χ0n) is 14.8. The lowest BCUT2D eigenvalue weighted by molar-refractivity contribution is 0.101. The smallest absolute Gasteiger partial charge is 0.262 e. The van der Waals surface area contributed by atoms with E-state index >= 15 is 0 Å². The van der Waals surface area contributed by atoms with Gasteiger partial charge in [0.2, 0.25) is 0 Å². The molecule has 2 heterocycles. The molecule has 27 heavy (non-hydrogen) atoms. The van der Waals surface area contributed by atoms with Gasteiger partial charge in [-0.25, -0.2) is 13.5 Å². The molecule has 0 saturated carbocycles. The largest absolute Gasteiger partial charge is 0.306 e. The number of aryl methyl sites for hydroxylation is 2. The number of nitrogens with one attached hydrogen (secondary N) is 1. The highest BCUT2D eigenvalue weighted by Crippen LogP contribution is 2.36. The first-order valence-electron chi connectivity index (χ1n) is 8.46. The molecule has 1 amide bonds. The molecule has 0 saturated heterocycles. The molecule has 0 spiro atoms. The summed E-state index contributed by atoms with van der Waals surface area (Å²) in [5, 5.41) is 7.32. The van der Waals surface area contributed by atoms with Crippen molar-refractivity contribution in [2.75, 3.05) is 5.32 Å². The lowest BCUT2D eigenvalue weighted by Crippen LogP contribution is -2.19. The van der Waals surface area contributed by atoms with Crippen LogP contribution in [0.5, 0.6) is 0 Å². The highest BCUT2D eigenvalue weighted by Gasteiger charge is 2.26. The van der Waals surface area contributed by atoms with E-state index in [4.69, 9.17) is 0 Å². The number of hydrogen-bond acceptors (Lipinski definition) is 3. The molecule has 7 heteroatoms. The molecular formula is C20H17F2N3OS. The Hall–Kier alpha value is -2.67. The van der Waals surface area contributed by atoms with Gasteiger partial charge in [-0.3, -0.25) is 4.79 Å². The number of carbonyl (C=O) groups excluding carboxylic acids is 1. The fourth-order valence-electron chi connectivity index (χ4n) is 3.29. The molecule has 4 rings (SSSR count). The Kier molecular flexibility index (Phi) is 4.47. The fraction of sp³-hybridized carbons (Fsp3) is 0.200. The van der Waals surface area contributed by atoms with E-state index in [1.165, 1.54) is 6.07 Å². The van der Waals surface area contributed by atoms with E-state index < -0.39 is 23.1 Å². The Balaban J connectivity index is 1.80.